The van der Waals surface area contributed by atoms with Gasteiger partial charge in [-0.25, -0.2) is 0 Å². The molecule has 1 amide bonds. The maximum atomic E-state index is 12.7. The van der Waals surface area contributed by atoms with Gasteiger partial charge < -0.3 is 14.3 Å². The summed E-state index contributed by atoms with van der Waals surface area (Å²) >= 11 is 6.27. The van der Waals surface area contributed by atoms with Gasteiger partial charge in [0.05, 0.1) is 23.0 Å². The molecule has 2 heterocycles. The fraction of sp³-hybridized carbons (Fsp3) is 0.222. The van der Waals surface area contributed by atoms with Crippen molar-refractivity contribution >= 4 is 57.2 Å². The van der Waals surface area contributed by atoms with Gasteiger partial charge in [-0.05, 0) is 30.7 Å². The van der Waals surface area contributed by atoms with E-state index in [9.17, 15) is 14.4 Å². The van der Waals surface area contributed by atoms with Gasteiger partial charge in [-0.2, -0.15) is 0 Å². The number of rotatable bonds is 6. The van der Waals surface area contributed by atoms with Crippen molar-refractivity contribution < 1.29 is 23.8 Å². The molecule has 0 unspecified atom stereocenters. The first kappa shape index (κ1) is 19.1. The second-order valence-corrected chi connectivity index (χ2v) is 7.39. The lowest BCUT2D eigenvalue weighted by molar-refractivity contribution is -0.137. The normalized spacial score (nSPS) is 15.7. The zero-order valence-electron chi connectivity index (χ0n) is 14.3. The number of aliphatic carboxylic acids is 1. The van der Waals surface area contributed by atoms with Crippen molar-refractivity contribution in [1.29, 1.82) is 0 Å². The van der Waals surface area contributed by atoms with Crippen LogP contribution in [-0.4, -0.2) is 39.9 Å². The van der Waals surface area contributed by atoms with Crippen LogP contribution in [0, 0.1) is 0 Å². The number of thioether (sulfide) groups is 1. The van der Waals surface area contributed by atoms with Gasteiger partial charge in [-0.1, -0.05) is 24.0 Å². The van der Waals surface area contributed by atoms with Crippen LogP contribution in [0.5, 0.6) is 5.75 Å². The summed E-state index contributed by atoms with van der Waals surface area (Å²) in [7, 11) is 1.50. The van der Waals surface area contributed by atoms with Gasteiger partial charge in [0, 0.05) is 13.0 Å². The van der Waals surface area contributed by atoms with Crippen LogP contribution in [-0.2, 0) is 9.59 Å². The molecule has 140 valence electrons. The van der Waals surface area contributed by atoms with E-state index in [0.717, 1.165) is 11.8 Å². The Labute approximate surface area is 163 Å². The number of benzene rings is 1. The molecule has 0 atom stereocenters. The Hall–Kier alpha value is -2.65. The topological polar surface area (TPSA) is 97.0 Å². The SMILES string of the molecule is COc1ccc2occ(/C=C3\SC(=S)N(CCCC(=O)O)C3=O)c(=O)c2c1. The molecule has 1 aromatic carbocycles. The molecular weight excluding hydrogens is 390 g/mol. The lowest BCUT2D eigenvalue weighted by atomic mass is 10.1. The Kier molecular flexibility index (Phi) is 5.62. The lowest BCUT2D eigenvalue weighted by Crippen LogP contribution is -2.29. The van der Waals surface area contributed by atoms with Crippen LogP contribution in [0.25, 0.3) is 17.0 Å². The Morgan fingerprint density at radius 2 is 2.19 bits per heavy atom. The minimum Gasteiger partial charge on any atom is -0.497 e. The first-order valence-corrected chi connectivity index (χ1v) is 9.20. The molecule has 0 aliphatic carbocycles. The summed E-state index contributed by atoms with van der Waals surface area (Å²) in [5, 5.41) is 9.06. The lowest BCUT2D eigenvalue weighted by Gasteiger charge is -2.13. The van der Waals surface area contributed by atoms with Crippen molar-refractivity contribution in [3.63, 3.8) is 0 Å². The van der Waals surface area contributed by atoms with Crippen molar-refractivity contribution in [2.45, 2.75) is 12.8 Å². The molecule has 0 saturated carbocycles. The standard InChI is InChI=1S/C18H15NO6S2/c1-24-11-4-5-13-12(8-11)16(22)10(9-25-13)7-14-17(23)19(18(26)27-14)6-2-3-15(20)21/h4-5,7-9H,2-3,6H2,1H3,(H,20,21)/b14-7-. The van der Waals surface area contributed by atoms with Crippen LogP contribution in [0.2, 0.25) is 0 Å². The average molecular weight is 405 g/mol. The molecule has 1 fully saturated rings. The predicted molar refractivity (Wildman–Crippen MR) is 106 cm³/mol. The van der Waals surface area contributed by atoms with Gasteiger partial charge in [-0.3, -0.25) is 19.3 Å². The van der Waals surface area contributed by atoms with Crippen molar-refractivity contribution in [2.75, 3.05) is 13.7 Å². The molecule has 9 heteroatoms. The molecule has 2 aromatic rings. The zero-order valence-corrected chi connectivity index (χ0v) is 15.9. The zero-order chi connectivity index (χ0) is 19.6. The number of nitrogens with zero attached hydrogens (tertiary/aromatic N) is 1. The highest BCUT2D eigenvalue weighted by molar-refractivity contribution is 8.26. The number of carbonyl (C=O) groups excluding carboxylic acids is 1. The van der Waals surface area contributed by atoms with Gasteiger partial charge in [0.2, 0.25) is 0 Å². The summed E-state index contributed by atoms with van der Waals surface area (Å²) in [6, 6.07) is 4.91. The summed E-state index contributed by atoms with van der Waals surface area (Å²) in [5.74, 6) is -0.752. The summed E-state index contributed by atoms with van der Waals surface area (Å²) in [5.41, 5.74) is 0.354. The minimum atomic E-state index is -0.930. The van der Waals surface area contributed by atoms with E-state index in [1.807, 2.05) is 0 Å². The van der Waals surface area contributed by atoms with E-state index >= 15 is 0 Å². The number of thiocarbonyl (C=S) groups is 1. The van der Waals surface area contributed by atoms with Gasteiger partial charge in [0.15, 0.2) is 5.43 Å². The molecule has 7 nitrogen and oxygen atoms in total. The first-order valence-electron chi connectivity index (χ1n) is 7.97. The average Bonchev–Trinajstić information content (AvgIpc) is 2.91. The van der Waals surface area contributed by atoms with E-state index in [-0.39, 0.29) is 29.9 Å². The third-order valence-corrected chi connectivity index (χ3v) is 5.32. The molecule has 0 radical (unpaired) electrons. The number of carbonyl (C=O) groups is 2. The monoisotopic (exact) mass is 405 g/mol. The highest BCUT2D eigenvalue weighted by Crippen LogP contribution is 2.32. The van der Waals surface area contributed by atoms with Crippen LogP contribution in [0.1, 0.15) is 18.4 Å². The third kappa shape index (κ3) is 4.04. The molecule has 1 aromatic heterocycles. The number of amides is 1. The highest BCUT2D eigenvalue weighted by atomic mass is 32.2. The number of ether oxygens (including phenoxy) is 1. The number of carboxylic acids is 1. The number of fused-ring (bicyclic) bond motifs is 1. The molecule has 1 aliphatic rings. The van der Waals surface area contributed by atoms with Crippen molar-refractivity contribution in [3.05, 3.63) is 45.2 Å². The minimum absolute atomic E-state index is 0.0494. The molecule has 0 spiro atoms. The van der Waals surface area contributed by atoms with Gasteiger partial charge in [0.25, 0.3) is 5.91 Å². The maximum absolute atomic E-state index is 12.7. The molecule has 1 N–H and O–H groups in total. The largest absolute Gasteiger partial charge is 0.497 e. The number of hydrogen-bond donors (Lipinski definition) is 1. The van der Waals surface area contributed by atoms with E-state index < -0.39 is 5.97 Å². The summed E-state index contributed by atoms with van der Waals surface area (Å²) < 4.78 is 10.9. The van der Waals surface area contributed by atoms with Crippen LogP contribution in [0.15, 0.2) is 38.6 Å². The number of carboxylic acid groups (broad SMARTS) is 1. The quantitative estimate of drug-likeness (QED) is 0.579. The van der Waals surface area contributed by atoms with Crippen LogP contribution >= 0.6 is 24.0 Å². The Balaban J connectivity index is 1.89. The second kappa shape index (κ2) is 7.93. The fourth-order valence-electron chi connectivity index (χ4n) is 2.57. The van der Waals surface area contributed by atoms with Crippen LogP contribution in [0.3, 0.4) is 0 Å². The van der Waals surface area contributed by atoms with Crippen LogP contribution in [0.4, 0.5) is 0 Å². The molecule has 3 rings (SSSR count). The maximum Gasteiger partial charge on any atom is 0.303 e. The molecule has 0 bridgehead atoms. The van der Waals surface area contributed by atoms with E-state index in [1.165, 1.54) is 24.3 Å². The van der Waals surface area contributed by atoms with Gasteiger partial charge in [-0.15, -0.1) is 0 Å². The Morgan fingerprint density at radius 1 is 1.41 bits per heavy atom. The summed E-state index contributed by atoms with van der Waals surface area (Å²) in [6.45, 7) is 0.220. The predicted octanol–water partition coefficient (Wildman–Crippen LogP) is 2.87. The summed E-state index contributed by atoms with van der Waals surface area (Å²) in [6.07, 6.45) is 2.99. The smallest absolute Gasteiger partial charge is 0.303 e. The van der Waals surface area contributed by atoms with E-state index in [1.54, 1.807) is 18.2 Å². The van der Waals surface area contributed by atoms with Crippen molar-refractivity contribution in [1.82, 2.24) is 4.90 Å². The van der Waals surface area contributed by atoms with E-state index in [0.29, 0.717) is 32.4 Å². The van der Waals surface area contributed by atoms with E-state index in [2.05, 4.69) is 0 Å². The molecule has 1 aliphatic heterocycles. The third-order valence-electron chi connectivity index (χ3n) is 3.94. The number of hydrogen-bond acceptors (Lipinski definition) is 7. The summed E-state index contributed by atoms with van der Waals surface area (Å²) in [4.78, 5) is 37.5. The number of methoxy groups -OCH3 is 1. The van der Waals surface area contributed by atoms with Crippen LogP contribution < -0.4 is 10.2 Å². The van der Waals surface area contributed by atoms with Crippen molar-refractivity contribution in [3.8, 4) is 5.75 Å². The van der Waals surface area contributed by atoms with Crippen molar-refractivity contribution in [2.24, 2.45) is 0 Å². The molecular formula is C18H15NO6S2. The Bertz CT molecular complexity index is 1030. The first-order chi connectivity index (χ1) is 12.9. The second-order valence-electron chi connectivity index (χ2n) is 5.71. The van der Waals surface area contributed by atoms with Gasteiger partial charge >= 0.3 is 5.97 Å². The highest BCUT2D eigenvalue weighted by Gasteiger charge is 2.32. The van der Waals surface area contributed by atoms with E-state index in [4.69, 9.17) is 26.5 Å². The van der Waals surface area contributed by atoms with Gasteiger partial charge in [0.1, 0.15) is 21.9 Å². The molecule has 1 saturated heterocycles. The molecule has 27 heavy (non-hydrogen) atoms. The fourth-order valence-corrected chi connectivity index (χ4v) is 3.87. The Morgan fingerprint density at radius 3 is 2.89 bits per heavy atom.